The van der Waals surface area contributed by atoms with E-state index in [1.165, 1.54) is 0 Å². The zero-order valence-electron chi connectivity index (χ0n) is 11.3. The molecule has 0 spiro atoms. The van der Waals surface area contributed by atoms with Gasteiger partial charge in [0.25, 0.3) is 0 Å². The van der Waals surface area contributed by atoms with E-state index in [9.17, 15) is 9.59 Å². The van der Waals surface area contributed by atoms with Crippen LogP contribution in [0.4, 0.5) is 0 Å². The fourth-order valence-electron chi connectivity index (χ4n) is 2.01. The minimum absolute atomic E-state index is 0.000692. The van der Waals surface area contributed by atoms with Crippen molar-refractivity contribution >= 4 is 11.8 Å². The lowest BCUT2D eigenvalue weighted by molar-refractivity contribution is -0.129. The van der Waals surface area contributed by atoms with Crippen LogP contribution in [0.15, 0.2) is 0 Å². The topological polar surface area (TPSA) is 73.5 Å². The third-order valence-electron chi connectivity index (χ3n) is 3.10. The lowest BCUT2D eigenvalue weighted by Crippen LogP contribution is -2.59. The fraction of sp³-hybridized carbons (Fsp3) is 0.833. The molecule has 1 heterocycles. The summed E-state index contributed by atoms with van der Waals surface area (Å²) in [6.45, 7) is 5.23. The number of unbranched alkanes of at least 4 members (excludes halogenated alkanes) is 1. The standard InChI is InChI=1S/C12H24N4O2/c1-3-4-5-15-11(17)9-16-7-6-14-8-10(16)12(18)13-2/h10,14H,3-9H2,1-2H3,(H,13,18)(H,15,17). The normalized spacial score (nSPS) is 20.4. The van der Waals surface area contributed by atoms with Crippen molar-refractivity contribution in [1.82, 2.24) is 20.9 Å². The Hall–Kier alpha value is -1.14. The summed E-state index contributed by atoms with van der Waals surface area (Å²) in [5.41, 5.74) is 0. The van der Waals surface area contributed by atoms with E-state index >= 15 is 0 Å². The monoisotopic (exact) mass is 256 g/mol. The van der Waals surface area contributed by atoms with Crippen molar-refractivity contribution in [3.63, 3.8) is 0 Å². The van der Waals surface area contributed by atoms with Gasteiger partial charge in [0.1, 0.15) is 6.04 Å². The molecule has 0 aromatic rings. The zero-order chi connectivity index (χ0) is 13.4. The van der Waals surface area contributed by atoms with Gasteiger partial charge in [-0.05, 0) is 6.42 Å². The Balaban J connectivity index is 2.41. The van der Waals surface area contributed by atoms with Gasteiger partial charge >= 0.3 is 0 Å². The second kappa shape index (κ2) is 8.05. The first kappa shape index (κ1) is 14.9. The Morgan fingerprint density at radius 1 is 1.44 bits per heavy atom. The van der Waals surface area contributed by atoms with Gasteiger partial charge < -0.3 is 16.0 Å². The minimum atomic E-state index is -0.249. The lowest BCUT2D eigenvalue weighted by Gasteiger charge is -2.34. The minimum Gasteiger partial charge on any atom is -0.358 e. The van der Waals surface area contributed by atoms with Crippen LogP contribution < -0.4 is 16.0 Å². The second-order valence-electron chi connectivity index (χ2n) is 4.51. The predicted octanol–water partition coefficient (Wildman–Crippen LogP) is -1.08. The molecule has 0 bridgehead atoms. The second-order valence-corrected chi connectivity index (χ2v) is 4.51. The summed E-state index contributed by atoms with van der Waals surface area (Å²) in [6.07, 6.45) is 2.06. The highest BCUT2D eigenvalue weighted by Gasteiger charge is 2.28. The van der Waals surface area contributed by atoms with Crippen molar-refractivity contribution < 1.29 is 9.59 Å². The molecule has 0 aromatic carbocycles. The third kappa shape index (κ3) is 4.62. The van der Waals surface area contributed by atoms with E-state index in [1.54, 1.807) is 7.05 Å². The van der Waals surface area contributed by atoms with Crippen LogP contribution in [0.5, 0.6) is 0 Å². The number of likely N-dealkylation sites (N-methyl/N-ethyl adjacent to an activating group) is 1. The average Bonchev–Trinajstić information content (AvgIpc) is 2.39. The van der Waals surface area contributed by atoms with Gasteiger partial charge in [0.2, 0.25) is 11.8 Å². The molecule has 0 saturated carbocycles. The first-order valence-electron chi connectivity index (χ1n) is 6.62. The van der Waals surface area contributed by atoms with Gasteiger partial charge in [-0.25, -0.2) is 0 Å². The van der Waals surface area contributed by atoms with Crippen LogP contribution in [0.25, 0.3) is 0 Å². The van der Waals surface area contributed by atoms with Crippen LogP contribution >= 0.6 is 0 Å². The number of carbonyl (C=O) groups excluding carboxylic acids is 2. The van der Waals surface area contributed by atoms with Crippen molar-refractivity contribution in [3.05, 3.63) is 0 Å². The largest absolute Gasteiger partial charge is 0.358 e. The molecule has 1 saturated heterocycles. The van der Waals surface area contributed by atoms with Crippen molar-refractivity contribution in [2.45, 2.75) is 25.8 Å². The molecule has 3 N–H and O–H groups in total. The Morgan fingerprint density at radius 3 is 2.89 bits per heavy atom. The first-order chi connectivity index (χ1) is 8.69. The van der Waals surface area contributed by atoms with E-state index < -0.39 is 0 Å². The molecule has 1 rings (SSSR count). The summed E-state index contributed by atoms with van der Waals surface area (Å²) >= 11 is 0. The molecule has 1 aliphatic heterocycles. The third-order valence-corrected chi connectivity index (χ3v) is 3.10. The summed E-state index contributed by atoms with van der Waals surface area (Å²) < 4.78 is 0. The van der Waals surface area contributed by atoms with E-state index in [-0.39, 0.29) is 17.9 Å². The summed E-state index contributed by atoms with van der Waals surface area (Å²) in [7, 11) is 1.62. The van der Waals surface area contributed by atoms with Crippen LogP contribution in [0.3, 0.4) is 0 Å². The van der Waals surface area contributed by atoms with E-state index in [0.717, 1.165) is 25.9 Å². The van der Waals surface area contributed by atoms with Gasteiger partial charge in [-0.3, -0.25) is 14.5 Å². The van der Waals surface area contributed by atoms with Crippen LogP contribution in [-0.2, 0) is 9.59 Å². The number of nitrogens with one attached hydrogen (secondary N) is 3. The van der Waals surface area contributed by atoms with Crippen LogP contribution in [-0.4, -0.2) is 62.5 Å². The van der Waals surface area contributed by atoms with Crippen LogP contribution in [0.1, 0.15) is 19.8 Å². The quantitative estimate of drug-likeness (QED) is 0.529. The fourth-order valence-corrected chi connectivity index (χ4v) is 2.01. The Morgan fingerprint density at radius 2 is 2.22 bits per heavy atom. The highest BCUT2D eigenvalue weighted by Crippen LogP contribution is 2.02. The van der Waals surface area contributed by atoms with E-state index in [4.69, 9.17) is 0 Å². The van der Waals surface area contributed by atoms with E-state index in [0.29, 0.717) is 19.6 Å². The number of piperazine rings is 1. The van der Waals surface area contributed by atoms with Crippen molar-refractivity contribution in [2.75, 3.05) is 39.8 Å². The number of hydrogen-bond acceptors (Lipinski definition) is 4. The van der Waals surface area contributed by atoms with E-state index in [1.807, 2.05) is 4.90 Å². The summed E-state index contributed by atoms with van der Waals surface area (Å²) in [5.74, 6) is -0.0391. The lowest BCUT2D eigenvalue weighted by atomic mass is 10.1. The van der Waals surface area contributed by atoms with Gasteiger partial charge in [0.15, 0.2) is 0 Å². The molecule has 104 valence electrons. The molecule has 0 aromatic heterocycles. The smallest absolute Gasteiger partial charge is 0.238 e. The Bertz CT molecular complexity index is 283. The molecule has 1 unspecified atom stereocenters. The van der Waals surface area contributed by atoms with E-state index in [2.05, 4.69) is 22.9 Å². The first-order valence-corrected chi connectivity index (χ1v) is 6.62. The molecule has 2 amide bonds. The molecule has 1 aliphatic rings. The van der Waals surface area contributed by atoms with Crippen LogP contribution in [0.2, 0.25) is 0 Å². The van der Waals surface area contributed by atoms with Gasteiger partial charge in [0.05, 0.1) is 6.54 Å². The highest BCUT2D eigenvalue weighted by molar-refractivity contribution is 5.83. The van der Waals surface area contributed by atoms with Gasteiger partial charge in [-0.1, -0.05) is 13.3 Å². The SMILES string of the molecule is CCCCNC(=O)CN1CCNCC1C(=O)NC. The number of carbonyl (C=O) groups is 2. The molecule has 1 atom stereocenters. The molecule has 0 aliphatic carbocycles. The summed E-state index contributed by atoms with van der Waals surface area (Å²) in [6, 6.07) is -0.249. The van der Waals surface area contributed by atoms with Gasteiger partial charge in [0, 0.05) is 33.2 Å². The maximum Gasteiger partial charge on any atom is 0.238 e. The number of nitrogens with zero attached hydrogens (tertiary/aromatic N) is 1. The summed E-state index contributed by atoms with van der Waals surface area (Å²) in [4.78, 5) is 25.4. The molecule has 1 fully saturated rings. The predicted molar refractivity (Wildman–Crippen MR) is 70.2 cm³/mol. The molecule has 18 heavy (non-hydrogen) atoms. The number of rotatable bonds is 6. The maximum atomic E-state index is 11.7. The molecule has 0 radical (unpaired) electrons. The average molecular weight is 256 g/mol. The molecule has 6 heteroatoms. The van der Waals surface area contributed by atoms with Crippen molar-refractivity contribution in [3.8, 4) is 0 Å². The zero-order valence-corrected chi connectivity index (χ0v) is 11.3. The van der Waals surface area contributed by atoms with Gasteiger partial charge in [-0.15, -0.1) is 0 Å². The Kier molecular flexibility index (Phi) is 6.67. The van der Waals surface area contributed by atoms with Crippen molar-refractivity contribution in [1.29, 1.82) is 0 Å². The molecular weight excluding hydrogens is 232 g/mol. The molecule has 6 nitrogen and oxygen atoms in total. The maximum absolute atomic E-state index is 11.7. The highest BCUT2D eigenvalue weighted by atomic mass is 16.2. The number of hydrogen-bond donors (Lipinski definition) is 3. The molecular formula is C12H24N4O2. The van der Waals surface area contributed by atoms with Crippen LogP contribution in [0, 0.1) is 0 Å². The van der Waals surface area contributed by atoms with Gasteiger partial charge in [-0.2, -0.15) is 0 Å². The summed E-state index contributed by atoms with van der Waals surface area (Å²) in [5, 5.41) is 8.68. The number of amides is 2. The van der Waals surface area contributed by atoms with Crippen molar-refractivity contribution in [2.24, 2.45) is 0 Å². The Labute approximate surface area is 108 Å².